The van der Waals surface area contributed by atoms with E-state index in [0.29, 0.717) is 11.4 Å². The summed E-state index contributed by atoms with van der Waals surface area (Å²) in [5.41, 5.74) is 4.69. The van der Waals surface area contributed by atoms with Gasteiger partial charge in [-0.25, -0.2) is 9.48 Å². The number of benzene rings is 1. The summed E-state index contributed by atoms with van der Waals surface area (Å²) in [6.45, 7) is 4.93. The molecule has 4 rings (SSSR count). The first-order valence-electron chi connectivity index (χ1n) is 10.0. The second kappa shape index (κ2) is 8.04. The van der Waals surface area contributed by atoms with Crippen molar-refractivity contribution in [3.63, 3.8) is 0 Å². The summed E-state index contributed by atoms with van der Waals surface area (Å²) in [5, 5.41) is 12.6. The van der Waals surface area contributed by atoms with Crippen molar-refractivity contribution in [1.82, 2.24) is 25.2 Å². The quantitative estimate of drug-likeness (QED) is 0.609. The van der Waals surface area contributed by atoms with Crippen molar-refractivity contribution in [3.05, 3.63) is 46.4 Å². The highest BCUT2D eigenvalue weighted by atomic mass is 16.5. The number of aromatic nitrogens is 5. The average Bonchev–Trinajstić information content (AvgIpc) is 3.16. The van der Waals surface area contributed by atoms with Crippen molar-refractivity contribution < 1.29 is 9.53 Å². The first-order valence-corrected chi connectivity index (χ1v) is 10.0. The largest absolute Gasteiger partial charge is 0.454 e. The predicted molar refractivity (Wildman–Crippen MR) is 105 cm³/mol. The molecule has 0 radical (unpaired) electrons. The Kier molecular flexibility index (Phi) is 5.32. The Labute approximate surface area is 164 Å². The van der Waals surface area contributed by atoms with Crippen LogP contribution in [0.25, 0.3) is 10.9 Å². The second-order valence-corrected chi connectivity index (χ2v) is 7.39. The Hall–Kier alpha value is -2.83. The lowest BCUT2D eigenvalue weighted by Crippen LogP contribution is -2.17. The minimum absolute atomic E-state index is 0.0694. The monoisotopic (exact) mass is 379 g/mol. The van der Waals surface area contributed by atoms with Crippen LogP contribution in [0.2, 0.25) is 0 Å². The van der Waals surface area contributed by atoms with Gasteiger partial charge >= 0.3 is 5.97 Å². The molecule has 28 heavy (non-hydrogen) atoms. The zero-order chi connectivity index (χ0) is 19.5. The van der Waals surface area contributed by atoms with E-state index >= 15 is 0 Å². The molecule has 2 heterocycles. The number of unbranched alkanes of at least 4 members (excludes halogenated alkanes) is 1. The predicted octanol–water partition coefficient (Wildman–Crippen LogP) is 3.57. The van der Waals surface area contributed by atoms with E-state index in [1.54, 1.807) is 4.68 Å². The molecular formula is C21H25N5O2. The van der Waals surface area contributed by atoms with Crippen LogP contribution in [0.5, 0.6) is 0 Å². The van der Waals surface area contributed by atoms with E-state index in [4.69, 9.17) is 9.72 Å². The van der Waals surface area contributed by atoms with Crippen LogP contribution in [-0.4, -0.2) is 31.2 Å². The van der Waals surface area contributed by atoms with Crippen molar-refractivity contribution in [2.75, 3.05) is 0 Å². The molecule has 0 aliphatic heterocycles. The lowest BCUT2D eigenvalue weighted by molar-refractivity contribution is 0.0457. The number of hydrogen-bond acceptors (Lipinski definition) is 6. The van der Waals surface area contributed by atoms with Crippen molar-refractivity contribution in [2.24, 2.45) is 0 Å². The van der Waals surface area contributed by atoms with Gasteiger partial charge in [0.15, 0.2) is 12.4 Å². The maximum atomic E-state index is 13.1. The number of hydrogen-bond donors (Lipinski definition) is 0. The summed E-state index contributed by atoms with van der Waals surface area (Å²) < 4.78 is 7.39. The molecule has 0 spiro atoms. The highest BCUT2D eigenvalue weighted by Crippen LogP contribution is 2.30. The Morgan fingerprint density at radius 3 is 2.96 bits per heavy atom. The van der Waals surface area contributed by atoms with Gasteiger partial charge < -0.3 is 4.74 Å². The molecule has 7 nitrogen and oxygen atoms in total. The third-order valence-electron chi connectivity index (χ3n) is 5.28. The standard InChI is InChI=1S/C21H25N5O2/c1-3-4-11-26-19(23-24-25-26)13-28-21(27)20-15-7-5-6-8-17(15)22-18-10-9-14(2)12-16(18)20/h9-10,12H,3-8,11,13H2,1-2H3. The molecule has 0 amide bonds. The van der Waals surface area contributed by atoms with Gasteiger partial charge in [-0.05, 0) is 67.2 Å². The van der Waals surface area contributed by atoms with Gasteiger partial charge in [-0.2, -0.15) is 0 Å². The Morgan fingerprint density at radius 1 is 1.25 bits per heavy atom. The van der Waals surface area contributed by atoms with E-state index < -0.39 is 0 Å². The summed E-state index contributed by atoms with van der Waals surface area (Å²) in [5.74, 6) is 0.256. The average molecular weight is 379 g/mol. The van der Waals surface area contributed by atoms with Crippen molar-refractivity contribution in [2.45, 2.75) is 65.5 Å². The highest BCUT2D eigenvalue weighted by Gasteiger charge is 2.24. The summed E-state index contributed by atoms with van der Waals surface area (Å²) in [4.78, 5) is 17.9. The maximum absolute atomic E-state index is 13.1. The first kappa shape index (κ1) is 18.5. The number of fused-ring (bicyclic) bond motifs is 2. The number of aryl methyl sites for hydroxylation is 3. The number of tetrazole rings is 1. The minimum atomic E-state index is -0.318. The number of rotatable bonds is 6. The van der Waals surface area contributed by atoms with Gasteiger partial charge in [0, 0.05) is 17.6 Å². The van der Waals surface area contributed by atoms with E-state index in [1.807, 2.05) is 25.1 Å². The Bertz CT molecular complexity index is 1010. The summed E-state index contributed by atoms with van der Waals surface area (Å²) in [6, 6.07) is 6.04. The van der Waals surface area contributed by atoms with Gasteiger partial charge in [0.05, 0.1) is 11.1 Å². The third-order valence-corrected chi connectivity index (χ3v) is 5.28. The van der Waals surface area contributed by atoms with Crippen LogP contribution in [0.4, 0.5) is 0 Å². The fourth-order valence-electron chi connectivity index (χ4n) is 3.78. The smallest absolute Gasteiger partial charge is 0.339 e. The SMILES string of the molecule is CCCCn1nnnc1COC(=O)c1c2c(nc3ccc(C)cc13)CCCC2. The summed E-state index contributed by atoms with van der Waals surface area (Å²) in [6.07, 6.45) is 5.99. The maximum Gasteiger partial charge on any atom is 0.339 e. The molecule has 0 atom stereocenters. The van der Waals surface area contributed by atoms with E-state index in [-0.39, 0.29) is 12.6 Å². The number of carbonyl (C=O) groups is 1. The van der Waals surface area contributed by atoms with E-state index in [2.05, 4.69) is 22.4 Å². The minimum Gasteiger partial charge on any atom is -0.454 e. The molecule has 2 aromatic heterocycles. The molecule has 0 bridgehead atoms. The fraction of sp³-hybridized carbons (Fsp3) is 0.476. The molecule has 0 N–H and O–H groups in total. The molecule has 1 aromatic carbocycles. The third kappa shape index (κ3) is 3.61. The number of nitrogens with zero attached hydrogens (tertiary/aromatic N) is 5. The van der Waals surface area contributed by atoms with Crippen LogP contribution in [0.1, 0.15) is 65.6 Å². The van der Waals surface area contributed by atoms with Gasteiger partial charge in [0.2, 0.25) is 0 Å². The molecule has 0 fully saturated rings. The van der Waals surface area contributed by atoms with Crippen molar-refractivity contribution >= 4 is 16.9 Å². The lowest BCUT2D eigenvalue weighted by Gasteiger charge is -2.20. The van der Waals surface area contributed by atoms with E-state index in [1.165, 1.54) is 0 Å². The van der Waals surface area contributed by atoms with Gasteiger partial charge in [-0.15, -0.1) is 5.10 Å². The number of esters is 1. The highest BCUT2D eigenvalue weighted by molar-refractivity contribution is 6.05. The van der Waals surface area contributed by atoms with Crippen LogP contribution in [0, 0.1) is 6.92 Å². The van der Waals surface area contributed by atoms with Crippen molar-refractivity contribution in [3.8, 4) is 0 Å². The molecular weight excluding hydrogens is 354 g/mol. The molecule has 1 aliphatic carbocycles. The molecule has 0 saturated carbocycles. The summed E-state index contributed by atoms with van der Waals surface area (Å²) >= 11 is 0. The van der Waals surface area contributed by atoms with Gasteiger partial charge in [-0.3, -0.25) is 4.98 Å². The van der Waals surface area contributed by atoms with Crippen molar-refractivity contribution in [1.29, 1.82) is 0 Å². The zero-order valence-corrected chi connectivity index (χ0v) is 16.4. The zero-order valence-electron chi connectivity index (χ0n) is 16.4. The summed E-state index contributed by atoms with van der Waals surface area (Å²) in [7, 11) is 0. The van der Waals surface area contributed by atoms with Gasteiger partial charge in [0.25, 0.3) is 0 Å². The van der Waals surface area contributed by atoms with Crippen LogP contribution in [0.3, 0.4) is 0 Å². The molecule has 1 aliphatic rings. The van der Waals surface area contributed by atoms with Crippen LogP contribution >= 0.6 is 0 Å². The first-order chi connectivity index (χ1) is 13.7. The number of pyridine rings is 1. The lowest BCUT2D eigenvalue weighted by atomic mass is 9.89. The molecule has 0 unspecified atom stereocenters. The van der Waals surface area contributed by atoms with Crippen LogP contribution < -0.4 is 0 Å². The normalized spacial score (nSPS) is 13.5. The fourth-order valence-corrected chi connectivity index (χ4v) is 3.78. The number of carbonyl (C=O) groups excluding carboxylic acids is 1. The van der Waals surface area contributed by atoms with E-state index in [9.17, 15) is 4.79 Å². The van der Waals surface area contributed by atoms with Crippen LogP contribution in [-0.2, 0) is 30.7 Å². The van der Waals surface area contributed by atoms with Gasteiger partial charge in [0.1, 0.15) is 0 Å². The van der Waals surface area contributed by atoms with Crippen LogP contribution in [0.15, 0.2) is 18.2 Å². The molecule has 0 saturated heterocycles. The second-order valence-electron chi connectivity index (χ2n) is 7.39. The van der Waals surface area contributed by atoms with Gasteiger partial charge in [-0.1, -0.05) is 25.0 Å². The topological polar surface area (TPSA) is 82.8 Å². The van der Waals surface area contributed by atoms with E-state index in [0.717, 1.165) is 72.8 Å². The molecule has 146 valence electrons. The Morgan fingerprint density at radius 2 is 2.11 bits per heavy atom. The molecule has 7 heteroatoms. The number of ether oxygens (including phenoxy) is 1. The Balaban J connectivity index is 1.65. The molecule has 3 aromatic rings.